The molecule has 0 amide bonds. The van der Waals surface area contributed by atoms with E-state index in [2.05, 4.69) is 44.6 Å². The van der Waals surface area contributed by atoms with Crippen LogP contribution in [-0.2, 0) is 0 Å². The third-order valence-corrected chi connectivity index (χ3v) is 3.38. The Morgan fingerprint density at radius 2 is 1.00 bits per heavy atom. The van der Waals surface area contributed by atoms with Gasteiger partial charge in [0.15, 0.2) is 0 Å². The lowest BCUT2D eigenvalue weighted by molar-refractivity contribution is 0.637. The molecular weight excluding hydrogens is 228 g/mol. The highest BCUT2D eigenvalue weighted by molar-refractivity contribution is 5.08. The quantitative estimate of drug-likeness (QED) is 0.299. The van der Waals surface area contributed by atoms with Crippen molar-refractivity contribution in [2.75, 3.05) is 0 Å². The SMILES string of the molecule is CCCCCCC/C=C/[C]/C=C/CCCCCCC. The Balaban J connectivity index is 3.14. The molecule has 0 aromatic rings. The van der Waals surface area contributed by atoms with Crippen LogP contribution in [0.5, 0.6) is 0 Å². The molecule has 0 nitrogen and oxygen atoms in total. The van der Waals surface area contributed by atoms with E-state index in [0.29, 0.717) is 0 Å². The van der Waals surface area contributed by atoms with Gasteiger partial charge in [0.1, 0.15) is 0 Å². The molecular formula is C19H34. The van der Waals surface area contributed by atoms with Crippen molar-refractivity contribution < 1.29 is 0 Å². The van der Waals surface area contributed by atoms with Gasteiger partial charge in [-0.05, 0) is 25.7 Å². The first-order valence-electron chi connectivity index (χ1n) is 8.47. The van der Waals surface area contributed by atoms with E-state index < -0.39 is 0 Å². The molecule has 0 heterocycles. The summed E-state index contributed by atoms with van der Waals surface area (Å²) in [5.74, 6) is 0. The van der Waals surface area contributed by atoms with Crippen LogP contribution in [0.2, 0.25) is 0 Å². The van der Waals surface area contributed by atoms with Crippen molar-refractivity contribution in [3.8, 4) is 0 Å². The summed E-state index contributed by atoms with van der Waals surface area (Å²) in [6, 6.07) is 0. The Morgan fingerprint density at radius 1 is 0.579 bits per heavy atom. The van der Waals surface area contributed by atoms with Gasteiger partial charge in [0.2, 0.25) is 0 Å². The first kappa shape index (κ1) is 18.5. The second-order valence-corrected chi connectivity index (χ2v) is 5.38. The van der Waals surface area contributed by atoms with Crippen LogP contribution >= 0.6 is 0 Å². The van der Waals surface area contributed by atoms with Crippen LogP contribution in [0.3, 0.4) is 0 Å². The zero-order chi connectivity index (χ0) is 14.0. The van der Waals surface area contributed by atoms with Crippen molar-refractivity contribution >= 4 is 0 Å². The van der Waals surface area contributed by atoms with E-state index in [1.54, 1.807) is 0 Å². The highest BCUT2D eigenvalue weighted by Gasteiger charge is 1.87. The molecule has 0 aromatic heterocycles. The minimum atomic E-state index is 1.21. The molecule has 0 spiro atoms. The number of allylic oxidation sites excluding steroid dienone is 4. The predicted octanol–water partition coefficient (Wildman–Crippen LogP) is 6.90. The molecule has 0 bridgehead atoms. The van der Waals surface area contributed by atoms with Crippen LogP contribution < -0.4 is 0 Å². The fraction of sp³-hybridized carbons (Fsp3) is 0.737. The van der Waals surface area contributed by atoms with Crippen molar-refractivity contribution in [2.45, 2.75) is 90.9 Å². The Hall–Kier alpha value is -0.520. The first-order chi connectivity index (χ1) is 9.41. The molecule has 0 atom stereocenters. The van der Waals surface area contributed by atoms with Gasteiger partial charge < -0.3 is 0 Å². The highest BCUT2D eigenvalue weighted by atomic mass is 13.9. The van der Waals surface area contributed by atoms with Crippen LogP contribution in [0, 0.1) is 6.42 Å². The maximum atomic E-state index is 3.23. The number of unbranched alkanes of at least 4 members (excludes halogenated alkanes) is 10. The maximum Gasteiger partial charge on any atom is 0.0337 e. The minimum absolute atomic E-state index is 1.21. The molecule has 0 heteroatoms. The van der Waals surface area contributed by atoms with Gasteiger partial charge in [-0.25, -0.2) is 0 Å². The van der Waals surface area contributed by atoms with Gasteiger partial charge >= 0.3 is 0 Å². The highest BCUT2D eigenvalue weighted by Crippen LogP contribution is 2.06. The van der Waals surface area contributed by atoms with Gasteiger partial charge in [-0.2, -0.15) is 0 Å². The predicted molar refractivity (Wildman–Crippen MR) is 88.3 cm³/mol. The smallest absolute Gasteiger partial charge is 0.0337 e. The fourth-order valence-electron chi connectivity index (χ4n) is 2.09. The lowest BCUT2D eigenvalue weighted by atomic mass is 10.1. The van der Waals surface area contributed by atoms with Crippen LogP contribution in [0.4, 0.5) is 0 Å². The van der Waals surface area contributed by atoms with E-state index in [1.165, 1.54) is 77.0 Å². The van der Waals surface area contributed by atoms with E-state index in [4.69, 9.17) is 0 Å². The number of hydrogen-bond donors (Lipinski definition) is 0. The Kier molecular flexibility index (Phi) is 17.0. The summed E-state index contributed by atoms with van der Waals surface area (Å²) < 4.78 is 0. The van der Waals surface area contributed by atoms with Crippen LogP contribution in [0.25, 0.3) is 0 Å². The lowest BCUT2D eigenvalue weighted by Crippen LogP contribution is -1.76. The Labute approximate surface area is 122 Å². The molecule has 0 N–H and O–H groups in total. The van der Waals surface area contributed by atoms with E-state index in [-0.39, 0.29) is 0 Å². The third-order valence-electron chi connectivity index (χ3n) is 3.38. The second kappa shape index (κ2) is 17.5. The largest absolute Gasteiger partial charge is 0.0876 e. The van der Waals surface area contributed by atoms with E-state index in [1.807, 2.05) is 0 Å². The zero-order valence-electron chi connectivity index (χ0n) is 13.3. The summed E-state index contributed by atoms with van der Waals surface area (Å²) in [5, 5.41) is 0. The molecule has 2 radical (unpaired) electrons. The van der Waals surface area contributed by atoms with Gasteiger partial charge in [-0.15, -0.1) is 0 Å². The molecule has 19 heavy (non-hydrogen) atoms. The molecule has 0 saturated heterocycles. The number of rotatable bonds is 14. The molecule has 0 aliphatic carbocycles. The summed E-state index contributed by atoms with van der Waals surface area (Å²) in [7, 11) is 0. The standard InChI is InChI=1S/C19H34/c1-3-5-7-9-11-13-15-17-19-18-16-14-12-10-8-6-4-2/h15-18H,3-14H2,1-2H3/b17-15+,18-16+. The second-order valence-electron chi connectivity index (χ2n) is 5.38. The molecule has 0 aliphatic rings. The molecule has 0 aromatic carbocycles. The minimum Gasteiger partial charge on any atom is -0.0876 e. The van der Waals surface area contributed by atoms with E-state index >= 15 is 0 Å². The molecule has 110 valence electrons. The summed E-state index contributed by atoms with van der Waals surface area (Å²) >= 11 is 0. The first-order valence-corrected chi connectivity index (χ1v) is 8.47. The molecule has 0 unspecified atom stereocenters. The van der Waals surface area contributed by atoms with Crippen molar-refractivity contribution in [3.05, 3.63) is 30.7 Å². The molecule has 0 aliphatic heterocycles. The normalized spacial score (nSPS) is 11.9. The zero-order valence-corrected chi connectivity index (χ0v) is 13.3. The fourth-order valence-corrected chi connectivity index (χ4v) is 2.09. The molecule has 0 saturated carbocycles. The monoisotopic (exact) mass is 262 g/mol. The summed E-state index contributed by atoms with van der Waals surface area (Å²) in [6.45, 7) is 4.53. The van der Waals surface area contributed by atoms with Crippen LogP contribution in [-0.4, -0.2) is 0 Å². The summed E-state index contributed by atoms with van der Waals surface area (Å²) in [5.41, 5.74) is 0. The average Bonchev–Trinajstić information content (AvgIpc) is 2.43. The van der Waals surface area contributed by atoms with Gasteiger partial charge in [0, 0.05) is 6.42 Å². The third kappa shape index (κ3) is 17.5. The lowest BCUT2D eigenvalue weighted by Gasteiger charge is -1.96. The van der Waals surface area contributed by atoms with Crippen LogP contribution in [0.1, 0.15) is 90.9 Å². The van der Waals surface area contributed by atoms with Gasteiger partial charge in [0.05, 0.1) is 0 Å². The van der Waals surface area contributed by atoms with E-state index in [0.717, 1.165) is 0 Å². The van der Waals surface area contributed by atoms with Crippen molar-refractivity contribution in [1.82, 2.24) is 0 Å². The Morgan fingerprint density at radius 3 is 1.42 bits per heavy atom. The van der Waals surface area contributed by atoms with Crippen LogP contribution in [0.15, 0.2) is 24.3 Å². The van der Waals surface area contributed by atoms with Crippen molar-refractivity contribution in [3.63, 3.8) is 0 Å². The molecule has 0 fully saturated rings. The van der Waals surface area contributed by atoms with Crippen molar-refractivity contribution in [1.29, 1.82) is 0 Å². The Bertz CT molecular complexity index is 178. The summed E-state index contributed by atoms with van der Waals surface area (Å²) in [6.07, 6.45) is 28.0. The van der Waals surface area contributed by atoms with E-state index in [9.17, 15) is 0 Å². The number of hydrogen-bond acceptors (Lipinski definition) is 0. The van der Waals surface area contributed by atoms with Gasteiger partial charge in [-0.1, -0.05) is 89.5 Å². The maximum absolute atomic E-state index is 3.23. The van der Waals surface area contributed by atoms with Gasteiger partial charge in [-0.3, -0.25) is 0 Å². The average molecular weight is 262 g/mol. The van der Waals surface area contributed by atoms with Crippen molar-refractivity contribution in [2.24, 2.45) is 0 Å². The molecule has 0 rings (SSSR count). The van der Waals surface area contributed by atoms with Gasteiger partial charge in [0.25, 0.3) is 0 Å². The topological polar surface area (TPSA) is 0 Å². The summed E-state index contributed by atoms with van der Waals surface area (Å²) in [4.78, 5) is 0.